The van der Waals surface area contributed by atoms with Gasteiger partial charge >= 0.3 is 5.97 Å². The number of hydrogen-bond donors (Lipinski definition) is 6. The molecule has 1 amide bonds. The molecule has 3 aliphatic heterocycles. The summed E-state index contributed by atoms with van der Waals surface area (Å²) in [6.45, 7) is 5.18. The zero-order chi connectivity index (χ0) is 23.5. The summed E-state index contributed by atoms with van der Waals surface area (Å²) in [5.41, 5.74) is 9.84. The molecule has 3 heterocycles. The van der Waals surface area contributed by atoms with Crippen LogP contribution in [0.4, 0.5) is 0 Å². The molecule has 12 nitrogen and oxygen atoms in total. The molecule has 2 unspecified atom stereocenters. The molecule has 0 bridgehead atoms. The highest BCUT2D eigenvalue weighted by Crippen LogP contribution is 2.45. The molecule has 12 heteroatoms. The largest absolute Gasteiger partial charge is 0.451 e. The first kappa shape index (κ1) is 21.8. The second-order valence-electron chi connectivity index (χ2n) is 9.12. The minimum Gasteiger partial charge on any atom is -0.451 e. The Bertz CT molecular complexity index is 1000. The Hall–Kier alpha value is -3.38. The summed E-state index contributed by atoms with van der Waals surface area (Å²) in [7, 11) is 0. The van der Waals surface area contributed by atoms with Gasteiger partial charge in [0.05, 0.1) is 12.1 Å². The lowest BCUT2D eigenvalue weighted by Crippen LogP contribution is -2.78. The summed E-state index contributed by atoms with van der Waals surface area (Å²) < 4.78 is 5.44. The van der Waals surface area contributed by atoms with E-state index in [2.05, 4.69) is 20.6 Å². The molecular weight excluding hydrogens is 418 g/mol. The van der Waals surface area contributed by atoms with Crippen molar-refractivity contribution in [3.63, 3.8) is 0 Å². The Kier molecular flexibility index (Phi) is 4.82. The van der Waals surface area contributed by atoms with E-state index in [-0.39, 0.29) is 24.0 Å². The van der Waals surface area contributed by atoms with Crippen molar-refractivity contribution in [1.29, 1.82) is 0 Å². The van der Waals surface area contributed by atoms with E-state index in [1.165, 1.54) is 4.90 Å². The Labute approximate surface area is 184 Å². The maximum absolute atomic E-state index is 13.0. The van der Waals surface area contributed by atoms with Crippen LogP contribution in [0, 0.1) is 0 Å². The number of nitrogens with one attached hydrogen (secondary N) is 2. The topological polar surface area (TPSA) is 188 Å². The van der Waals surface area contributed by atoms with Crippen LogP contribution in [0.15, 0.2) is 40.3 Å². The van der Waals surface area contributed by atoms with Crippen LogP contribution in [0.3, 0.4) is 0 Å². The third-order valence-electron chi connectivity index (χ3n) is 5.68. The van der Waals surface area contributed by atoms with Crippen LogP contribution in [-0.2, 0) is 9.53 Å². The number of nitrogens with two attached hydrogens (primary N) is 2. The molecule has 0 aromatic heterocycles. The summed E-state index contributed by atoms with van der Waals surface area (Å²) in [4.78, 5) is 35.4. The molecule has 0 aliphatic carbocycles. The highest BCUT2D eigenvalue weighted by Gasteiger charge is 2.75. The highest BCUT2D eigenvalue weighted by atomic mass is 16.6. The fourth-order valence-corrected chi connectivity index (χ4v) is 4.36. The standard InChI is InChI=1S/C20H27N7O5/c1-18(2,3)25-14(28)12-13-19(26-16(21)24-13)20(30,31)11(9-27(19)17(22)23-12)32-15(29)10-7-5-4-6-8-10/h4-8,11-13,30-31H,9H2,1-3H3,(H2,22,23)(H,25,28)(H3,21,24,26)/t11-,12+,13?,19?/m0/s1. The number of carbonyl (C=O) groups is 2. The molecule has 0 radical (unpaired) electrons. The van der Waals surface area contributed by atoms with Crippen LogP contribution >= 0.6 is 0 Å². The first-order valence-corrected chi connectivity index (χ1v) is 10.1. The van der Waals surface area contributed by atoms with Crippen molar-refractivity contribution in [2.75, 3.05) is 6.54 Å². The van der Waals surface area contributed by atoms with Crippen LogP contribution in [0.1, 0.15) is 31.1 Å². The Balaban J connectivity index is 1.69. The fraction of sp³-hybridized carbons (Fsp3) is 0.500. The van der Waals surface area contributed by atoms with Gasteiger partial charge in [-0.2, -0.15) is 0 Å². The first-order chi connectivity index (χ1) is 14.9. The van der Waals surface area contributed by atoms with Crippen molar-refractivity contribution >= 4 is 23.8 Å². The molecule has 8 N–H and O–H groups in total. The molecule has 1 fully saturated rings. The molecule has 1 spiro atoms. The highest BCUT2D eigenvalue weighted by molar-refractivity contribution is 5.94. The van der Waals surface area contributed by atoms with Gasteiger partial charge in [0.1, 0.15) is 6.04 Å². The fourth-order valence-electron chi connectivity index (χ4n) is 4.36. The molecule has 4 rings (SSSR count). The van der Waals surface area contributed by atoms with Crippen LogP contribution < -0.4 is 22.1 Å². The van der Waals surface area contributed by atoms with E-state index >= 15 is 0 Å². The van der Waals surface area contributed by atoms with Gasteiger partial charge in [-0.05, 0) is 32.9 Å². The average Bonchev–Trinajstić information content (AvgIpc) is 3.16. The van der Waals surface area contributed by atoms with E-state index in [9.17, 15) is 19.8 Å². The zero-order valence-electron chi connectivity index (χ0n) is 17.9. The van der Waals surface area contributed by atoms with E-state index in [0.717, 1.165) is 0 Å². The lowest BCUT2D eigenvalue weighted by molar-refractivity contribution is -0.256. The SMILES string of the molecule is CC(C)(C)NC(=O)[C@@H]1N=C(N)N2C[C@H](OC(=O)c3ccccc3)C(O)(O)C23NC(N)=NC13. The number of hydrogen-bond acceptors (Lipinski definition) is 11. The predicted molar refractivity (Wildman–Crippen MR) is 114 cm³/mol. The summed E-state index contributed by atoms with van der Waals surface area (Å²) >= 11 is 0. The summed E-state index contributed by atoms with van der Waals surface area (Å²) in [6, 6.07) is 5.80. The van der Waals surface area contributed by atoms with Crippen molar-refractivity contribution in [2.45, 2.75) is 55.9 Å². The third-order valence-corrected chi connectivity index (χ3v) is 5.68. The van der Waals surface area contributed by atoms with Gasteiger partial charge < -0.3 is 42.0 Å². The van der Waals surface area contributed by atoms with Crippen molar-refractivity contribution in [2.24, 2.45) is 21.5 Å². The normalized spacial score (nSPS) is 30.4. The van der Waals surface area contributed by atoms with Crippen molar-refractivity contribution in [3.05, 3.63) is 35.9 Å². The number of aliphatic hydroxyl groups is 2. The maximum atomic E-state index is 13.0. The van der Waals surface area contributed by atoms with Crippen LogP contribution in [0.5, 0.6) is 0 Å². The molecule has 1 aromatic carbocycles. The van der Waals surface area contributed by atoms with Gasteiger partial charge in [-0.15, -0.1) is 0 Å². The summed E-state index contributed by atoms with van der Waals surface area (Å²) in [5.74, 6) is -4.24. The first-order valence-electron chi connectivity index (χ1n) is 10.1. The Morgan fingerprint density at radius 1 is 1.22 bits per heavy atom. The number of aliphatic imine (C=N–C) groups is 2. The lowest BCUT2D eigenvalue weighted by atomic mass is 9.85. The van der Waals surface area contributed by atoms with Crippen LogP contribution in [0.25, 0.3) is 0 Å². The van der Waals surface area contributed by atoms with Crippen LogP contribution in [0.2, 0.25) is 0 Å². The van der Waals surface area contributed by atoms with Crippen LogP contribution in [-0.4, -0.2) is 80.6 Å². The van der Waals surface area contributed by atoms with Gasteiger partial charge in [0.25, 0.3) is 0 Å². The monoisotopic (exact) mass is 445 g/mol. The lowest BCUT2D eigenvalue weighted by Gasteiger charge is -2.48. The van der Waals surface area contributed by atoms with Gasteiger partial charge in [-0.25, -0.2) is 14.8 Å². The number of nitrogens with zero attached hydrogens (tertiary/aromatic N) is 3. The van der Waals surface area contributed by atoms with E-state index in [0.29, 0.717) is 0 Å². The van der Waals surface area contributed by atoms with Crippen molar-refractivity contribution in [1.82, 2.24) is 15.5 Å². The van der Waals surface area contributed by atoms with Gasteiger partial charge in [-0.3, -0.25) is 4.79 Å². The zero-order valence-corrected chi connectivity index (χ0v) is 17.9. The molecule has 4 atom stereocenters. The Morgan fingerprint density at radius 3 is 2.50 bits per heavy atom. The third kappa shape index (κ3) is 3.22. The molecule has 3 aliphatic rings. The van der Waals surface area contributed by atoms with Crippen molar-refractivity contribution in [3.8, 4) is 0 Å². The molecule has 0 saturated carbocycles. The number of guanidine groups is 2. The average molecular weight is 445 g/mol. The van der Waals surface area contributed by atoms with E-state index in [4.69, 9.17) is 16.2 Å². The van der Waals surface area contributed by atoms with E-state index in [1.54, 1.807) is 51.1 Å². The maximum Gasteiger partial charge on any atom is 0.338 e. The predicted octanol–water partition coefficient (Wildman–Crippen LogP) is -2.20. The second kappa shape index (κ2) is 7.07. The van der Waals surface area contributed by atoms with Gasteiger partial charge in [0, 0.05) is 5.54 Å². The molecule has 32 heavy (non-hydrogen) atoms. The minimum absolute atomic E-state index is 0.124. The summed E-state index contributed by atoms with van der Waals surface area (Å²) in [5, 5.41) is 28.1. The van der Waals surface area contributed by atoms with Gasteiger partial charge in [0.2, 0.25) is 11.7 Å². The molecule has 1 saturated heterocycles. The summed E-state index contributed by atoms with van der Waals surface area (Å²) in [6.07, 6.45) is -1.44. The number of carbonyl (C=O) groups excluding carboxylic acids is 2. The quantitative estimate of drug-likeness (QED) is 0.222. The minimum atomic E-state index is -2.71. The molecule has 172 valence electrons. The number of rotatable bonds is 3. The Morgan fingerprint density at radius 2 is 1.88 bits per heavy atom. The van der Waals surface area contributed by atoms with Gasteiger partial charge in [-0.1, -0.05) is 18.2 Å². The molecular formula is C20H27N7O5. The molecule has 1 aromatic rings. The number of ether oxygens (including phenoxy) is 1. The number of benzene rings is 1. The van der Waals surface area contributed by atoms with Gasteiger partial charge in [0.15, 0.2) is 29.7 Å². The van der Waals surface area contributed by atoms with E-state index in [1.807, 2.05) is 0 Å². The van der Waals surface area contributed by atoms with Crippen molar-refractivity contribution < 1.29 is 24.5 Å². The number of esters is 1. The van der Waals surface area contributed by atoms with E-state index < -0.39 is 47.1 Å². The number of amides is 1. The smallest absolute Gasteiger partial charge is 0.338 e. The second-order valence-corrected chi connectivity index (χ2v) is 9.12.